The Kier molecular flexibility index (Phi) is 5.95. The van der Waals surface area contributed by atoms with Crippen molar-refractivity contribution in [2.75, 3.05) is 32.0 Å². The lowest BCUT2D eigenvalue weighted by molar-refractivity contribution is -0.137. The molecule has 3 aromatic rings. The molecule has 2 N–H and O–H groups in total. The van der Waals surface area contributed by atoms with Crippen LogP contribution in [0, 0.1) is 0 Å². The van der Waals surface area contributed by atoms with Crippen LogP contribution in [0.2, 0.25) is 0 Å². The lowest BCUT2D eigenvalue weighted by Gasteiger charge is -2.40. The third-order valence-corrected chi connectivity index (χ3v) is 7.25. The molecule has 0 saturated carbocycles. The third kappa shape index (κ3) is 4.60. The highest BCUT2D eigenvalue weighted by molar-refractivity contribution is 7.16. The molecule has 1 saturated heterocycles. The molecule has 5 rings (SSSR count). The van der Waals surface area contributed by atoms with Crippen molar-refractivity contribution < 1.29 is 18.3 Å². The maximum atomic E-state index is 13.5. The highest BCUT2D eigenvalue weighted by Gasteiger charge is 2.39. The summed E-state index contributed by atoms with van der Waals surface area (Å²) in [4.78, 5) is 13.1. The van der Waals surface area contributed by atoms with E-state index in [1.54, 1.807) is 12.1 Å². The fourth-order valence-corrected chi connectivity index (χ4v) is 5.15. The van der Waals surface area contributed by atoms with Gasteiger partial charge in [0.25, 0.3) is 0 Å². The molecule has 0 bridgehead atoms. The summed E-state index contributed by atoms with van der Waals surface area (Å²) in [6, 6.07) is 14.7. The van der Waals surface area contributed by atoms with E-state index in [9.17, 15) is 18.3 Å². The second kappa shape index (κ2) is 8.92. The fraction of sp³-hybridized carbons (Fsp3) is 0.333. The number of aryl methyl sites for hydroxylation is 1. The van der Waals surface area contributed by atoms with Gasteiger partial charge in [-0.3, -0.25) is 4.90 Å². The summed E-state index contributed by atoms with van der Waals surface area (Å²) in [7, 11) is 2.07. The minimum absolute atomic E-state index is 0.195. The summed E-state index contributed by atoms with van der Waals surface area (Å²) < 4.78 is 40.5. The number of phenolic OH excluding ortho intramolecular Hbond substituents is 1. The van der Waals surface area contributed by atoms with Crippen LogP contribution in [0.1, 0.15) is 22.7 Å². The van der Waals surface area contributed by atoms with Gasteiger partial charge in [-0.25, -0.2) is 9.98 Å². The number of anilines is 2. The minimum Gasteiger partial charge on any atom is -0.508 e. The smallest absolute Gasteiger partial charge is 0.443 e. The van der Waals surface area contributed by atoms with Crippen LogP contribution < -0.4 is 5.32 Å². The molecule has 2 aliphatic rings. The van der Waals surface area contributed by atoms with Gasteiger partial charge in [-0.05, 0) is 49.7 Å². The predicted octanol–water partition coefficient (Wildman–Crippen LogP) is 5.25. The number of fused-ring (bicyclic) bond motifs is 2. The van der Waals surface area contributed by atoms with Gasteiger partial charge in [-0.2, -0.15) is 13.2 Å². The van der Waals surface area contributed by atoms with Gasteiger partial charge in [0.15, 0.2) is 5.84 Å². The zero-order chi connectivity index (χ0) is 23.9. The summed E-state index contributed by atoms with van der Waals surface area (Å²) in [6.45, 7) is 2.04. The summed E-state index contributed by atoms with van der Waals surface area (Å²) in [6.07, 6.45) is -2.81. The number of aromatic nitrogens is 1. The number of alkyl halides is 3. The Labute approximate surface area is 199 Å². The van der Waals surface area contributed by atoms with Crippen LogP contribution in [-0.2, 0) is 12.6 Å². The quantitative estimate of drug-likeness (QED) is 0.528. The van der Waals surface area contributed by atoms with Crippen LogP contribution in [0.4, 0.5) is 29.5 Å². The number of aliphatic imine (C=N–C) groups is 1. The Morgan fingerprint density at radius 2 is 1.88 bits per heavy atom. The number of halogens is 3. The summed E-state index contributed by atoms with van der Waals surface area (Å²) >= 11 is 0.611. The molecule has 34 heavy (non-hydrogen) atoms. The average molecular weight is 488 g/mol. The van der Waals surface area contributed by atoms with Crippen molar-refractivity contribution in [1.29, 1.82) is 0 Å². The predicted molar refractivity (Wildman–Crippen MR) is 127 cm³/mol. The van der Waals surface area contributed by atoms with Crippen molar-refractivity contribution in [3.8, 4) is 5.75 Å². The number of amidine groups is 1. The fourth-order valence-electron chi connectivity index (χ4n) is 4.31. The largest absolute Gasteiger partial charge is 0.508 e. The highest BCUT2D eigenvalue weighted by atomic mass is 32.1. The van der Waals surface area contributed by atoms with E-state index in [0.29, 0.717) is 46.6 Å². The molecule has 1 aromatic heterocycles. The Morgan fingerprint density at radius 3 is 2.65 bits per heavy atom. The SMILES string of the molecule is CN1CCN(C2=Nc3ccccc3Nc3sc(C(F)(F)F)nc32)C[C@@H]1CCc1ccc(O)cc1. The van der Waals surface area contributed by atoms with E-state index in [1.165, 1.54) is 0 Å². The average Bonchev–Trinajstić information content (AvgIpc) is 3.17. The normalized spacial score (nSPS) is 18.5. The van der Waals surface area contributed by atoms with Crippen molar-refractivity contribution in [3.63, 3.8) is 0 Å². The summed E-state index contributed by atoms with van der Waals surface area (Å²) in [5.41, 5.74) is 2.71. The van der Waals surface area contributed by atoms with Crippen LogP contribution in [0.5, 0.6) is 5.75 Å². The van der Waals surface area contributed by atoms with Gasteiger partial charge in [0.2, 0.25) is 5.01 Å². The van der Waals surface area contributed by atoms with Gasteiger partial charge in [0, 0.05) is 25.7 Å². The van der Waals surface area contributed by atoms with Gasteiger partial charge in [-0.1, -0.05) is 35.6 Å². The molecular formula is C24H24F3N5OS. The molecule has 3 heterocycles. The molecule has 0 radical (unpaired) electrons. The first-order valence-corrected chi connectivity index (χ1v) is 11.9. The number of nitrogens with one attached hydrogen (secondary N) is 1. The highest BCUT2D eigenvalue weighted by Crippen LogP contribution is 2.42. The molecule has 6 nitrogen and oxygen atoms in total. The van der Waals surface area contributed by atoms with Crippen molar-refractivity contribution in [3.05, 3.63) is 64.8 Å². The standard InChI is InChI=1S/C24H24F3N5OS/c1-31-12-13-32(14-16(31)9-6-15-7-10-17(33)11-8-15)21-20-22(34-23(30-20)24(25,26)27)29-19-5-3-2-4-18(19)28-21/h2-5,7-8,10-11,16,29,33H,6,9,12-14H2,1H3/t16-/m0/s1. The molecule has 2 aliphatic heterocycles. The number of aromatic hydroxyl groups is 1. The van der Waals surface area contributed by atoms with Crippen molar-refractivity contribution in [2.24, 2.45) is 4.99 Å². The Balaban J connectivity index is 1.44. The van der Waals surface area contributed by atoms with E-state index in [1.807, 2.05) is 36.4 Å². The second-order valence-electron chi connectivity index (χ2n) is 8.56. The van der Waals surface area contributed by atoms with Crippen LogP contribution in [0.15, 0.2) is 53.5 Å². The van der Waals surface area contributed by atoms with E-state index in [0.717, 1.165) is 24.9 Å². The van der Waals surface area contributed by atoms with Gasteiger partial charge < -0.3 is 15.3 Å². The van der Waals surface area contributed by atoms with Crippen LogP contribution in [0.3, 0.4) is 0 Å². The Morgan fingerprint density at radius 1 is 1.12 bits per heavy atom. The second-order valence-corrected chi connectivity index (χ2v) is 9.56. The lowest BCUT2D eigenvalue weighted by atomic mass is 10.0. The molecule has 0 aliphatic carbocycles. The Hall–Kier alpha value is -3.11. The van der Waals surface area contributed by atoms with Crippen molar-refractivity contribution in [1.82, 2.24) is 14.8 Å². The van der Waals surface area contributed by atoms with Crippen LogP contribution in [0.25, 0.3) is 0 Å². The zero-order valence-electron chi connectivity index (χ0n) is 18.5. The first kappa shape index (κ1) is 22.7. The van der Waals surface area contributed by atoms with E-state index in [2.05, 4.69) is 27.1 Å². The molecule has 10 heteroatoms. The summed E-state index contributed by atoms with van der Waals surface area (Å²) in [5.74, 6) is 0.712. The molecule has 0 amide bonds. The van der Waals surface area contributed by atoms with E-state index in [-0.39, 0.29) is 17.5 Å². The molecule has 2 aromatic carbocycles. The Bertz CT molecular complexity index is 1210. The van der Waals surface area contributed by atoms with E-state index in [4.69, 9.17) is 4.99 Å². The van der Waals surface area contributed by atoms with Gasteiger partial charge in [0.1, 0.15) is 16.4 Å². The molecule has 178 valence electrons. The number of likely N-dealkylation sites (N-methyl/N-ethyl adjacent to an activating group) is 1. The number of rotatable bonds is 3. The number of hydrogen-bond donors (Lipinski definition) is 2. The number of para-hydroxylation sites is 2. The van der Waals surface area contributed by atoms with Gasteiger partial charge in [-0.15, -0.1) is 0 Å². The number of benzene rings is 2. The van der Waals surface area contributed by atoms with Gasteiger partial charge >= 0.3 is 6.18 Å². The van der Waals surface area contributed by atoms with Crippen molar-refractivity contribution in [2.45, 2.75) is 25.1 Å². The molecular weight excluding hydrogens is 463 g/mol. The third-order valence-electron chi connectivity index (χ3n) is 6.24. The maximum Gasteiger partial charge on any atom is 0.443 e. The zero-order valence-corrected chi connectivity index (χ0v) is 19.3. The first-order chi connectivity index (χ1) is 16.3. The number of piperazine rings is 1. The molecule has 0 spiro atoms. The summed E-state index contributed by atoms with van der Waals surface area (Å²) in [5, 5.41) is 12.1. The number of phenols is 1. The molecule has 1 fully saturated rings. The lowest BCUT2D eigenvalue weighted by Crippen LogP contribution is -2.53. The van der Waals surface area contributed by atoms with E-state index >= 15 is 0 Å². The maximum absolute atomic E-state index is 13.5. The molecule has 1 atom stereocenters. The monoisotopic (exact) mass is 487 g/mol. The van der Waals surface area contributed by atoms with Crippen LogP contribution >= 0.6 is 11.3 Å². The topological polar surface area (TPSA) is 64.0 Å². The first-order valence-electron chi connectivity index (χ1n) is 11.0. The van der Waals surface area contributed by atoms with Crippen molar-refractivity contribution >= 4 is 33.5 Å². The minimum atomic E-state index is -4.52. The van der Waals surface area contributed by atoms with Gasteiger partial charge in [0.05, 0.1) is 11.4 Å². The number of hydrogen-bond acceptors (Lipinski definition) is 7. The van der Waals surface area contributed by atoms with Crippen LogP contribution in [-0.4, -0.2) is 58.4 Å². The number of thiazole rings is 1. The van der Waals surface area contributed by atoms with E-state index < -0.39 is 11.2 Å². The number of nitrogens with zero attached hydrogens (tertiary/aromatic N) is 4. The molecule has 0 unspecified atom stereocenters.